The van der Waals surface area contributed by atoms with Crippen molar-refractivity contribution in [2.75, 3.05) is 13.6 Å². The minimum Gasteiger partial charge on any atom is -0.441 e. The number of nitrogens with zero attached hydrogens (tertiary/aromatic N) is 3. The first-order valence-corrected chi connectivity index (χ1v) is 6.10. The second kappa shape index (κ2) is 5.65. The third kappa shape index (κ3) is 3.08. The van der Waals surface area contributed by atoms with E-state index in [-0.39, 0.29) is 0 Å². The topological polar surface area (TPSA) is 53.1 Å². The van der Waals surface area contributed by atoms with Gasteiger partial charge in [0.15, 0.2) is 11.5 Å². The van der Waals surface area contributed by atoms with Gasteiger partial charge in [0.05, 0.1) is 6.07 Å². The molecule has 2 aromatic rings. The lowest BCUT2D eigenvalue weighted by Crippen LogP contribution is -2.18. The maximum atomic E-state index is 8.50. The number of fused-ring (bicyclic) bond motifs is 1. The Bertz CT molecular complexity index is 568. The highest BCUT2D eigenvalue weighted by atomic mass is 16.3. The third-order valence-electron chi connectivity index (χ3n) is 2.84. The van der Waals surface area contributed by atoms with Crippen molar-refractivity contribution in [2.45, 2.75) is 26.3 Å². The molecule has 0 aliphatic heterocycles. The smallest absolute Gasteiger partial charge is 0.192 e. The molecule has 4 nitrogen and oxygen atoms in total. The Balaban J connectivity index is 2.00. The van der Waals surface area contributed by atoms with Gasteiger partial charge in [0.2, 0.25) is 0 Å². The van der Waals surface area contributed by atoms with Crippen molar-refractivity contribution in [1.82, 2.24) is 9.88 Å². The molecule has 0 atom stereocenters. The van der Waals surface area contributed by atoms with Crippen molar-refractivity contribution >= 4 is 11.1 Å². The molecule has 0 N–H and O–H groups in total. The van der Waals surface area contributed by atoms with Gasteiger partial charge in [-0.1, -0.05) is 6.07 Å². The molecule has 1 aromatic heterocycles. The van der Waals surface area contributed by atoms with Crippen LogP contribution in [0.3, 0.4) is 0 Å². The molecule has 0 bridgehead atoms. The van der Waals surface area contributed by atoms with Gasteiger partial charge < -0.3 is 9.32 Å². The van der Waals surface area contributed by atoms with Crippen LogP contribution >= 0.6 is 0 Å². The van der Waals surface area contributed by atoms with Crippen LogP contribution in [0, 0.1) is 18.3 Å². The number of hydrogen-bond donors (Lipinski definition) is 0. The van der Waals surface area contributed by atoms with Gasteiger partial charge in [-0.05, 0) is 37.7 Å². The Morgan fingerprint density at radius 3 is 3.06 bits per heavy atom. The van der Waals surface area contributed by atoms with Gasteiger partial charge in [-0.3, -0.25) is 0 Å². The minimum atomic E-state index is 0.617. The van der Waals surface area contributed by atoms with Gasteiger partial charge in [-0.15, -0.1) is 0 Å². The summed E-state index contributed by atoms with van der Waals surface area (Å²) in [4.78, 5) is 6.54. The number of unbranched alkanes of at least 4 members (excludes halogenated alkanes) is 1. The van der Waals surface area contributed by atoms with E-state index in [0.29, 0.717) is 12.3 Å². The number of aryl methyl sites for hydroxylation is 1. The Labute approximate surface area is 107 Å². The standard InChI is InChI=1S/C14H17N3O/c1-11-16-13-9-12(5-6-14(13)18-11)10-17(2)8-4-3-7-15/h5-6,9H,3-4,8,10H2,1-2H3. The zero-order chi connectivity index (χ0) is 13.0. The maximum absolute atomic E-state index is 8.50. The predicted octanol–water partition coefficient (Wildman–Crippen LogP) is 2.87. The summed E-state index contributed by atoms with van der Waals surface area (Å²) in [5.41, 5.74) is 2.97. The SMILES string of the molecule is Cc1nc2cc(CN(C)CCCC#N)ccc2o1. The summed E-state index contributed by atoms with van der Waals surface area (Å²) in [7, 11) is 2.07. The summed E-state index contributed by atoms with van der Waals surface area (Å²) < 4.78 is 5.45. The number of nitriles is 1. The van der Waals surface area contributed by atoms with Crippen molar-refractivity contribution in [3.8, 4) is 6.07 Å². The van der Waals surface area contributed by atoms with E-state index in [2.05, 4.69) is 35.1 Å². The predicted molar refractivity (Wildman–Crippen MR) is 69.9 cm³/mol. The average Bonchev–Trinajstić information content (AvgIpc) is 2.69. The van der Waals surface area contributed by atoms with Crippen molar-refractivity contribution in [3.63, 3.8) is 0 Å². The van der Waals surface area contributed by atoms with E-state index in [0.717, 1.165) is 30.6 Å². The molecule has 0 fully saturated rings. The monoisotopic (exact) mass is 243 g/mol. The zero-order valence-corrected chi connectivity index (χ0v) is 10.8. The van der Waals surface area contributed by atoms with E-state index in [4.69, 9.17) is 9.68 Å². The number of benzene rings is 1. The van der Waals surface area contributed by atoms with Crippen LogP contribution in [-0.2, 0) is 6.54 Å². The first-order chi connectivity index (χ1) is 8.69. The summed E-state index contributed by atoms with van der Waals surface area (Å²) in [6.07, 6.45) is 1.53. The molecule has 0 spiro atoms. The Hall–Kier alpha value is -1.86. The summed E-state index contributed by atoms with van der Waals surface area (Å²) in [6, 6.07) is 8.26. The largest absolute Gasteiger partial charge is 0.441 e. The number of oxazole rings is 1. The van der Waals surface area contributed by atoms with Crippen LogP contribution < -0.4 is 0 Å². The van der Waals surface area contributed by atoms with Gasteiger partial charge in [-0.2, -0.15) is 5.26 Å². The molecule has 0 aliphatic carbocycles. The zero-order valence-electron chi connectivity index (χ0n) is 10.8. The molecule has 18 heavy (non-hydrogen) atoms. The van der Waals surface area contributed by atoms with Gasteiger partial charge in [-0.25, -0.2) is 4.98 Å². The van der Waals surface area contributed by atoms with Crippen molar-refractivity contribution in [2.24, 2.45) is 0 Å². The van der Waals surface area contributed by atoms with Crippen LogP contribution in [0.15, 0.2) is 22.6 Å². The molecule has 0 radical (unpaired) electrons. The third-order valence-corrected chi connectivity index (χ3v) is 2.84. The van der Waals surface area contributed by atoms with E-state index in [9.17, 15) is 0 Å². The van der Waals surface area contributed by atoms with Gasteiger partial charge >= 0.3 is 0 Å². The lowest BCUT2D eigenvalue weighted by molar-refractivity contribution is 0.324. The van der Waals surface area contributed by atoms with E-state index in [1.165, 1.54) is 5.56 Å². The molecule has 4 heteroatoms. The first-order valence-electron chi connectivity index (χ1n) is 6.10. The second-order valence-corrected chi connectivity index (χ2v) is 4.53. The maximum Gasteiger partial charge on any atom is 0.192 e. The molecule has 0 unspecified atom stereocenters. The molecular weight excluding hydrogens is 226 g/mol. The minimum absolute atomic E-state index is 0.617. The molecule has 0 amide bonds. The van der Waals surface area contributed by atoms with Crippen LogP contribution in [-0.4, -0.2) is 23.5 Å². The Kier molecular flexibility index (Phi) is 3.96. The highest BCUT2D eigenvalue weighted by Gasteiger charge is 2.05. The molecule has 0 saturated heterocycles. The fraction of sp³-hybridized carbons (Fsp3) is 0.429. The van der Waals surface area contributed by atoms with E-state index < -0.39 is 0 Å². The highest BCUT2D eigenvalue weighted by Crippen LogP contribution is 2.17. The number of aromatic nitrogens is 1. The van der Waals surface area contributed by atoms with E-state index >= 15 is 0 Å². The summed E-state index contributed by atoms with van der Waals surface area (Å²) in [5, 5.41) is 8.50. The quantitative estimate of drug-likeness (QED) is 0.758. The van der Waals surface area contributed by atoms with Crippen LogP contribution in [0.25, 0.3) is 11.1 Å². The Morgan fingerprint density at radius 1 is 1.44 bits per heavy atom. The Morgan fingerprint density at radius 2 is 2.28 bits per heavy atom. The fourth-order valence-electron chi connectivity index (χ4n) is 2.01. The van der Waals surface area contributed by atoms with E-state index in [1.807, 2.05) is 13.0 Å². The molecule has 2 rings (SSSR count). The summed E-state index contributed by atoms with van der Waals surface area (Å²) in [5.74, 6) is 0.699. The average molecular weight is 243 g/mol. The number of hydrogen-bond acceptors (Lipinski definition) is 4. The van der Waals surface area contributed by atoms with Crippen molar-refractivity contribution in [1.29, 1.82) is 5.26 Å². The summed E-state index contributed by atoms with van der Waals surface area (Å²) >= 11 is 0. The molecule has 94 valence electrons. The molecule has 1 heterocycles. The van der Waals surface area contributed by atoms with Crippen LogP contribution in [0.2, 0.25) is 0 Å². The van der Waals surface area contributed by atoms with Crippen LogP contribution in [0.5, 0.6) is 0 Å². The molecular formula is C14H17N3O. The normalized spacial score (nSPS) is 11.0. The lowest BCUT2D eigenvalue weighted by atomic mass is 10.2. The number of rotatable bonds is 5. The van der Waals surface area contributed by atoms with Gasteiger partial charge in [0.1, 0.15) is 5.52 Å². The van der Waals surface area contributed by atoms with Crippen molar-refractivity contribution in [3.05, 3.63) is 29.7 Å². The van der Waals surface area contributed by atoms with Crippen LogP contribution in [0.1, 0.15) is 24.3 Å². The lowest BCUT2D eigenvalue weighted by Gasteiger charge is -2.15. The highest BCUT2D eigenvalue weighted by molar-refractivity contribution is 5.73. The summed E-state index contributed by atoms with van der Waals surface area (Å²) in [6.45, 7) is 3.66. The molecule has 1 aromatic carbocycles. The fourth-order valence-corrected chi connectivity index (χ4v) is 2.01. The molecule has 0 aliphatic rings. The van der Waals surface area contributed by atoms with Gasteiger partial charge in [0, 0.05) is 19.9 Å². The second-order valence-electron chi connectivity index (χ2n) is 4.53. The van der Waals surface area contributed by atoms with Gasteiger partial charge in [0.25, 0.3) is 0 Å². The molecule has 0 saturated carbocycles. The first kappa shape index (κ1) is 12.6. The van der Waals surface area contributed by atoms with E-state index in [1.54, 1.807) is 0 Å². The van der Waals surface area contributed by atoms with Crippen LogP contribution in [0.4, 0.5) is 0 Å². The van der Waals surface area contributed by atoms with Crippen molar-refractivity contribution < 1.29 is 4.42 Å².